The van der Waals surface area contributed by atoms with Gasteiger partial charge in [0.15, 0.2) is 0 Å². The number of anilines is 1. The fraction of sp³-hybridized carbons (Fsp3) is 0.0625. The molecule has 1 heterocycles. The fourth-order valence-electron chi connectivity index (χ4n) is 4.18. The van der Waals surface area contributed by atoms with Crippen LogP contribution in [0.2, 0.25) is 0 Å². The molecule has 0 unspecified atom stereocenters. The molecule has 5 aromatic rings. The lowest BCUT2D eigenvalue weighted by atomic mass is 10.0. The number of amides is 1. The van der Waals surface area contributed by atoms with Crippen LogP contribution in [0.3, 0.4) is 0 Å². The molecule has 7 nitrogen and oxygen atoms in total. The van der Waals surface area contributed by atoms with Gasteiger partial charge in [0.05, 0.1) is 4.90 Å². The van der Waals surface area contributed by atoms with Crippen LogP contribution in [0.5, 0.6) is 0 Å². The minimum atomic E-state index is -4.17. The van der Waals surface area contributed by atoms with E-state index in [9.17, 15) is 22.4 Å². The molecule has 206 valence electrons. The van der Waals surface area contributed by atoms with Crippen molar-refractivity contribution in [3.63, 3.8) is 0 Å². The topological polar surface area (TPSA) is 94.5 Å². The number of hydrogen-bond donors (Lipinski definition) is 1. The van der Waals surface area contributed by atoms with E-state index < -0.39 is 27.7 Å². The molecule has 0 fully saturated rings. The lowest BCUT2D eigenvalue weighted by Crippen LogP contribution is -2.19. The summed E-state index contributed by atoms with van der Waals surface area (Å²) < 4.78 is 47.2. The van der Waals surface area contributed by atoms with Crippen molar-refractivity contribution in [2.45, 2.75) is 18.4 Å². The van der Waals surface area contributed by atoms with Gasteiger partial charge in [0, 0.05) is 23.0 Å². The van der Waals surface area contributed by atoms with Crippen molar-refractivity contribution in [3.8, 4) is 11.1 Å². The summed E-state index contributed by atoms with van der Waals surface area (Å²) in [6.07, 6.45) is 1.33. The number of rotatable bonds is 8. The quantitative estimate of drug-likeness (QED) is 0.217. The van der Waals surface area contributed by atoms with E-state index in [1.807, 2.05) is 25.1 Å². The highest BCUT2D eigenvalue weighted by molar-refractivity contribution is 7.90. The summed E-state index contributed by atoms with van der Waals surface area (Å²) in [5, 5.41) is 2.64. The first-order chi connectivity index (χ1) is 19.7. The molecule has 9 heteroatoms. The molecule has 4 aromatic carbocycles. The van der Waals surface area contributed by atoms with E-state index in [-0.39, 0.29) is 22.8 Å². The van der Waals surface area contributed by atoms with Crippen LogP contribution in [0.15, 0.2) is 120 Å². The Bertz CT molecular complexity index is 1830. The SMILES string of the molecule is Cc1ccc(S(=O)(=O)n2cc(-c3cccc(C(=O)Nc4cccc(F)c4)c3)cc2C(=O)OCc2ccccc2)cc1. The molecule has 0 spiro atoms. The summed E-state index contributed by atoms with van der Waals surface area (Å²) in [5.74, 6) is -1.79. The minimum absolute atomic E-state index is 0.00517. The van der Waals surface area contributed by atoms with Gasteiger partial charge in [-0.25, -0.2) is 21.6 Å². The summed E-state index contributed by atoms with van der Waals surface area (Å²) in [6, 6.07) is 28.7. The first kappa shape index (κ1) is 27.5. The monoisotopic (exact) mass is 568 g/mol. The number of carbonyl (C=O) groups excluding carboxylic acids is 2. The molecule has 0 saturated heterocycles. The number of aromatic nitrogens is 1. The number of aryl methyl sites for hydroxylation is 1. The maximum Gasteiger partial charge on any atom is 0.356 e. The second-order valence-electron chi connectivity index (χ2n) is 9.33. The smallest absolute Gasteiger partial charge is 0.356 e. The molecule has 0 saturated carbocycles. The van der Waals surface area contributed by atoms with Gasteiger partial charge in [-0.1, -0.05) is 66.2 Å². The van der Waals surface area contributed by atoms with Crippen LogP contribution in [0.1, 0.15) is 32.0 Å². The van der Waals surface area contributed by atoms with Crippen molar-refractivity contribution >= 4 is 27.6 Å². The van der Waals surface area contributed by atoms with Crippen LogP contribution in [-0.2, 0) is 21.4 Å². The number of nitrogens with zero attached hydrogens (tertiary/aromatic N) is 1. The predicted octanol–water partition coefficient (Wildman–Crippen LogP) is 6.45. The lowest BCUT2D eigenvalue weighted by molar-refractivity contribution is 0.0464. The van der Waals surface area contributed by atoms with E-state index in [4.69, 9.17) is 4.74 Å². The highest BCUT2D eigenvalue weighted by atomic mass is 32.2. The zero-order valence-corrected chi connectivity index (χ0v) is 22.8. The summed E-state index contributed by atoms with van der Waals surface area (Å²) >= 11 is 0. The summed E-state index contributed by atoms with van der Waals surface area (Å²) in [7, 11) is -4.17. The van der Waals surface area contributed by atoms with E-state index in [0.29, 0.717) is 16.8 Å². The van der Waals surface area contributed by atoms with Gasteiger partial charge in [0.1, 0.15) is 18.1 Å². The third kappa shape index (κ3) is 6.26. The van der Waals surface area contributed by atoms with Gasteiger partial charge in [-0.2, -0.15) is 0 Å². The largest absolute Gasteiger partial charge is 0.456 e. The third-order valence-electron chi connectivity index (χ3n) is 6.33. The lowest BCUT2D eigenvalue weighted by Gasteiger charge is -2.11. The Labute approximate surface area is 236 Å². The Balaban J connectivity index is 1.50. The number of esters is 1. The van der Waals surface area contributed by atoms with Crippen molar-refractivity contribution in [3.05, 3.63) is 144 Å². The fourth-order valence-corrected chi connectivity index (χ4v) is 5.53. The van der Waals surface area contributed by atoms with Crippen molar-refractivity contribution in [2.75, 3.05) is 5.32 Å². The van der Waals surface area contributed by atoms with E-state index in [1.54, 1.807) is 54.6 Å². The summed E-state index contributed by atoms with van der Waals surface area (Å²) in [5.41, 5.74) is 2.87. The molecule has 0 atom stereocenters. The van der Waals surface area contributed by atoms with Gasteiger partial charge in [-0.15, -0.1) is 0 Å². The van der Waals surface area contributed by atoms with Crippen molar-refractivity contribution in [2.24, 2.45) is 0 Å². The zero-order valence-electron chi connectivity index (χ0n) is 22.0. The number of ether oxygens (including phenoxy) is 1. The summed E-state index contributed by atoms with van der Waals surface area (Å²) in [4.78, 5) is 26.1. The molecule has 0 aliphatic heterocycles. The number of hydrogen-bond acceptors (Lipinski definition) is 5. The number of carbonyl (C=O) groups is 2. The molecule has 1 N–H and O–H groups in total. The standard InChI is InChI=1S/C32H25FN2O5S/c1-22-13-15-29(16-14-22)41(38,39)35-20-26(18-30(35)32(37)40-21-23-7-3-2-4-8-23)24-9-5-10-25(17-24)31(36)34-28-12-6-11-27(33)19-28/h2-20H,21H2,1H3,(H,34,36). The first-order valence-corrected chi connectivity index (χ1v) is 14.1. The molecule has 5 rings (SSSR count). The van der Waals surface area contributed by atoms with Gasteiger partial charge in [-0.05, 0) is 66.6 Å². The average molecular weight is 569 g/mol. The highest BCUT2D eigenvalue weighted by Crippen LogP contribution is 2.28. The van der Waals surface area contributed by atoms with Gasteiger partial charge in [0.25, 0.3) is 15.9 Å². The first-order valence-electron chi connectivity index (χ1n) is 12.6. The maximum atomic E-state index is 13.7. The maximum absolute atomic E-state index is 13.7. The van der Waals surface area contributed by atoms with E-state index in [0.717, 1.165) is 15.1 Å². The summed E-state index contributed by atoms with van der Waals surface area (Å²) in [6.45, 7) is 1.80. The molecule has 1 aromatic heterocycles. The van der Waals surface area contributed by atoms with Crippen molar-refractivity contribution in [1.29, 1.82) is 0 Å². The van der Waals surface area contributed by atoms with Crippen LogP contribution in [0, 0.1) is 12.7 Å². The normalized spacial score (nSPS) is 11.2. The molecule has 41 heavy (non-hydrogen) atoms. The van der Waals surface area contributed by atoms with Crippen LogP contribution >= 0.6 is 0 Å². The Morgan fingerprint density at radius 2 is 1.56 bits per heavy atom. The Morgan fingerprint density at radius 1 is 0.829 bits per heavy atom. The number of nitrogens with one attached hydrogen (secondary N) is 1. The van der Waals surface area contributed by atoms with Gasteiger partial charge >= 0.3 is 5.97 Å². The van der Waals surface area contributed by atoms with E-state index in [1.165, 1.54) is 42.6 Å². The molecule has 0 radical (unpaired) electrons. The number of halogens is 1. The Hall–Kier alpha value is -5.02. The molecule has 0 aliphatic carbocycles. The van der Waals surface area contributed by atoms with E-state index >= 15 is 0 Å². The molecule has 0 bridgehead atoms. The second-order valence-corrected chi connectivity index (χ2v) is 11.1. The average Bonchev–Trinajstić information content (AvgIpc) is 3.44. The predicted molar refractivity (Wildman–Crippen MR) is 154 cm³/mol. The highest BCUT2D eigenvalue weighted by Gasteiger charge is 2.26. The van der Waals surface area contributed by atoms with E-state index in [2.05, 4.69) is 5.32 Å². The minimum Gasteiger partial charge on any atom is -0.456 e. The molecule has 0 aliphatic rings. The Morgan fingerprint density at radius 3 is 2.29 bits per heavy atom. The van der Waals surface area contributed by atoms with Gasteiger partial charge in [-0.3, -0.25) is 4.79 Å². The number of benzene rings is 4. The van der Waals surface area contributed by atoms with Crippen LogP contribution in [0.25, 0.3) is 11.1 Å². The van der Waals surface area contributed by atoms with Crippen molar-refractivity contribution < 1.29 is 27.1 Å². The molecule has 1 amide bonds. The third-order valence-corrected chi connectivity index (χ3v) is 8.01. The van der Waals surface area contributed by atoms with Crippen molar-refractivity contribution in [1.82, 2.24) is 3.97 Å². The second kappa shape index (κ2) is 11.6. The van der Waals surface area contributed by atoms with Crippen LogP contribution in [0.4, 0.5) is 10.1 Å². The molecular weight excluding hydrogens is 543 g/mol. The zero-order chi connectivity index (χ0) is 29.0. The molecular formula is C32H25FN2O5S. The van der Waals surface area contributed by atoms with Gasteiger partial charge < -0.3 is 10.1 Å². The Kier molecular flexibility index (Phi) is 7.80. The van der Waals surface area contributed by atoms with Crippen LogP contribution < -0.4 is 5.32 Å². The van der Waals surface area contributed by atoms with Crippen LogP contribution in [-0.4, -0.2) is 24.3 Å². The van der Waals surface area contributed by atoms with Gasteiger partial charge in [0.2, 0.25) is 0 Å².